The number of carboxylic acids is 1. The van der Waals surface area contributed by atoms with Crippen LogP contribution in [-0.2, 0) is 9.53 Å². The molecule has 0 bridgehead atoms. The van der Waals surface area contributed by atoms with E-state index in [4.69, 9.17) is 9.84 Å². The van der Waals surface area contributed by atoms with Crippen LogP contribution in [0.3, 0.4) is 0 Å². The molecule has 1 amide bonds. The van der Waals surface area contributed by atoms with E-state index in [1.54, 1.807) is 26.8 Å². The first-order valence-electron chi connectivity index (χ1n) is 5.34. The summed E-state index contributed by atoms with van der Waals surface area (Å²) in [4.78, 5) is 22.4. The van der Waals surface area contributed by atoms with Crippen LogP contribution in [0.15, 0.2) is 12.7 Å². The number of nitrogens with one attached hydrogen (secondary N) is 1. The van der Waals surface area contributed by atoms with Crippen molar-refractivity contribution in [2.24, 2.45) is 0 Å². The predicted molar refractivity (Wildman–Crippen MR) is 75.9 cm³/mol. The van der Waals surface area contributed by atoms with E-state index in [0.717, 1.165) is 5.75 Å². The van der Waals surface area contributed by atoms with Crippen molar-refractivity contribution in [1.29, 1.82) is 0 Å². The Hall–Kier alpha value is -0.820. The van der Waals surface area contributed by atoms with E-state index in [0.29, 0.717) is 0 Å². The number of ether oxygens (including phenoxy) is 1. The lowest BCUT2D eigenvalue weighted by Gasteiger charge is -2.21. The number of hydrogen-bond donors (Lipinski definition) is 2. The first kappa shape index (κ1) is 17.2. The summed E-state index contributed by atoms with van der Waals surface area (Å²) < 4.78 is 5.00. The highest BCUT2D eigenvalue weighted by molar-refractivity contribution is 8.76. The molecule has 0 fully saturated rings. The third kappa shape index (κ3) is 9.23. The van der Waals surface area contributed by atoms with Gasteiger partial charge < -0.3 is 15.2 Å². The zero-order valence-electron chi connectivity index (χ0n) is 10.8. The minimum atomic E-state index is -1.08. The molecule has 0 unspecified atom stereocenters. The first-order chi connectivity index (χ1) is 8.26. The number of amides is 1. The Morgan fingerprint density at radius 2 is 2.06 bits per heavy atom. The smallest absolute Gasteiger partial charge is 0.408 e. The Morgan fingerprint density at radius 1 is 1.44 bits per heavy atom. The van der Waals surface area contributed by atoms with E-state index in [1.165, 1.54) is 21.6 Å². The minimum absolute atomic E-state index is 0.271. The third-order valence-electron chi connectivity index (χ3n) is 1.49. The Bertz CT molecular complexity index is 302. The largest absolute Gasteiger partial charge is 0.480 e. The molecule has 0 aromatic carbocycles. The lowest BCUT2D eigenvalue weighted by molar-refractivity contribution is -0.138. The second-order valence-electron chi connectivity index (χ2n) is 4.39. The summed E-state index contributed by atoms with van der Waals surface area (Å²) in [5.74, 6) is -0.0798. The summed E-state index contributed by atoms with van der Waals surface area (Å²) >= 11 is 0. The predicted octanol–water partition coefficient (Wildman–Crippen LogP) is 2.53. The molecule has 104 valence electrons. The number of carbonyl (C=O) groups is 2. The van der Waals surface area contributed by atoms with Gasteiger partial charge in [0.1, 0.15) is 11.6 Å². The van der Waals surface area contributed by atoms with E-state index in [9.17, 15) is 9.59 Å². The molecule has 0 spiro atoms. The van der Waals surface area contributed by atoms with Crippen molar-refractivity contribution in [3.05, 3.63) is 12.7 Å². The van der Waals surface area contributed by atoms with Crippen LogP contribution in [-0.4, -0.2) is 40.3 Å². The van der Waals surface area contributed by atoms with E-state index >= 15 is 0 Å². The van der Waals surface area contributed by atoms with Crippen molar-refractivity contribution in [3.63, 3.8) is 0 Å². The Morgan fingerprint density at radius 3 is 2.50 bits per heavy atom. The fraction of sp³-hybridized carbons (Fsp3) is 0.636. The van der Waals surface area contributed by atoms with Crippen LogP contribution in [0.1, 0.15) is 20.8 Å². The van der Waals surface area contributed by atoms with Crippen molar-refractivity contribution in [2.75, 3.05) is 11.5 Å². The number of hydrogen-bond acceptors (Lipinski definition) is 5. The van der Waals surface area contributed by atoms with Crippen LogP contribution in [0, 0.1) is 0 Å². The number of carbonyl (C=O) groups excluding carboxylic acids is 1. The molecule has 0 aliphatic rings. The molecule has 5 nitrogen and oxygen atoms in total. The van der Waals surface area contributed by atoms with Crippen LogP contribution in [0.4, 0.5) is 4.79 Å². The topological polar surface area (TPSA) is 75.6 Å². The molecule has 0 aliphatic carbocycles. The quantitative estimate of drug-likeness (QED) is 0.427. The molecule has 0 rings (SSSR count). The molecular formula is C11H19NO4S2. The lowest BCUT2D eigenvalue weighted by Crippen LogP contribution is -2.44. The van der Waals surface area contributed by atoms with E-state index in [-0.39, 0.29) is 5.75 Å². The number of alkyl carbamates (subject to hydrolysis) is 1. The monoisotopic (exact) mass is 293 g/mol. The number of rotatable bonds is 7. The maximum Gasteiger partial charge on any atom is 0.408 e. The highest BCUT2D eigenvalue weighted by Gasteiger charge is 2.23. The number of aliphatic carboxylic acids is 1. The molecule has 0 aromatic heterocycles. The van der Waals surface area contributed by atoms with Crippen molar-refractivity contribution in [3.8, 4) is 0 Å². The van der Waals surface area contributed by atoms with Gasteiger partial charge in [-0.25, -0.2) is 9.59 Å². The van der Waals surface area contributed by atoms with Crippen molar-refractivity contribution < 1.29 is 19.4 Å². The standard InChI is InChI=1S/C11H19NO4S2/c1-5-6-17-18-7-8(9(13)14)12-10(15)16-11(2,3)4/h5,8H,1,6-7H2,2-4H3,(H,12,15)(H,13,14)/t8-/m0/s1. The summed E-state index contributed by atoms with van der Waals surface area (Å²) in [5.41, 5.74) is -0.641. The van der Waals surface area contributed by atoms with E-state index in [1.807, 2.05) is 0 Å². The molecule has 18 heavy (non-hydrogen) atoms. The molecule has 0 heterocycles. The van der Waals surface area contributed by atoms with Crippen LogP contribution < -0.4 is 5.32 Å². The van der Waals surface area contributed by atoms with Crippen LogP contribution in [0.25, 0.3) is 0 Å². The molecule has 1 atom stereocenters. The van der Waals surface area contributed by atoms with Gasteiger partial charge in [-0.05, 0) is 20.8 Å². The molecule has 7 heteroatoms. The molecular weight excluding hydrogens is 274 g/mol. The summed E-state index contributed by atoms with van der Waals surface area (Å²) in [6, 6.07) is -0.956. The first-order valence-corrected chi connectivity index (χ1v) is 7.82. The van der Waals surface area contributed by atoms with Crippen molar-refractivity contribution in [1.82, 2.24) is 5.32 Å². The van der Waals surface area contributed by atoms with Gasteiger partial charge in [-0.15, -0.1) is 6.58 Å². The van der Waals surface area contributed by atoms with Gasteiger partial charge in [0.2, 0.25) is 0 Å². The summed E-state index contributed by atoms with van der Waals surface area (Å²) in [6.07, 6.45) is 1.01. The average molecular weight is 293 g/mol. The molecule has 0 radical (unpaired) electrons. The fourth-order valence-corrected chi connectivity index (χ4v) is 2.76. The molecule has 0 aromatic rings. The van der Waals surface area contributed by atoms with Gasteiger partial charge in [-0.2, -0.15) is 0 Å². The van der Waals surface area contributed by atoms with Gasteiger partial charge in [0.05, 0.1) is 0 Å². The van der Waals surface area contributed by atoms with Crippen LogP contribution >= 0.6 is 21.6 Å². The van der Waals surface area contributed by atoms with E-state index < -0.39 is 23.7 Å². The highest BCUT2D eigenvalue weighted by atomic mass is 33.1. The average Bonchev–Trinajstić information content (AvgIpc) is 2.19. The Balaban J connectivity index is 4.15. The highest BCUT2D eigenvalue weighted by Crippen LogP contribution is 2.22. The zero-order chi connectivity index (χ0) is 14.2. The maximum atomic E-state index is 11.4. The zero-order valence-corrected chi connectivity index (χ0v) is 12.4. The van der Waals surface area contributed by atoms with Gasteiger partial charge in [0.25, 0.3) is 0 Å². The van der Waals surface area contributed by atoms with Gasteiger partial charge in [0.15, 0.2) is 0 Å². The van der Waals surface area contributed by atoms with Gasteiger partial charge in [-0.1, -0.05) is 27.7 Å². The van der Waals surface area contributed by atoms with E-state index in [2.05, 4.69) is 11.9 Å². The maximum absolute atomic E-state index is 11.4. The third-order valence-corrected chi connectivity index (χ3v) is 3.82. The van der Waals surface area contributed by atoms with Gasteiger partial charge in [-0.3, -0.25) is 0 Å². The normalized spacial score (nSPS) is 12.6. The summed E-state index contributed by atoms with van der Waals surface area (Å²) in [6.45, 7) is 8.72. The minimum Gasteiger partial charge on any atom is -0.480 e. The second-order valence-corrected chi connectivity index (χ2v) is 6.95. The lowest BCUT2D eigenvalue weighted by atomic mass is 10.2. The Labute approximate surface area is 115 Å². The summed E-state index contributed by atoms with van der Waals surface area (Å²) in [7, 11) is 2.85. The second kappa shape index (κ2) is 8.31. The number of carboxylic acid groups (broad SMARTS) is 1. The van der Waals surface area contributed by atoms with Crippen LogP contribution in [0.5, 0.6) is 0 Å². The molecule has 0 aliphatic heterocycles. The molecule has 2 N–H and O–H groups in total. The fourth-order valence-electron chi connectivity index (χ4n) is 0.837. The van der Waals surface area contributed by atoms with Gasteiger partial charge in [0, 0.05) is 11.5 Å². The SMILES string of the molecule is C=CCSSC[C@H](NC(=O)OC(C)(C)C)C(=O)O. The molecule has 0 saturated heterocycles. The molecule has 0 saturated carbocycles. The van der Waals surface area contributed by atoms with Gasteiger partial charge >= 0.3 is 12.1 Å². The van der Waals surface area contributed by atoms with Crippen molar-refractivity contribution in [2.45, 2.75) is 32.4 Å². The van der Waals surface area contributed by atoms with Crippen molar-refractivity contribution >= 4 is 33.7 Å². The van der Waals surface area contributed by atoms with Crippen LogP contribution in [0.2, 0.25) is 0 Å². The Kier molecular flexibility index (Phi) is 7.93. The summed E-state index contributed by atoms with van der Waals surface area (Å²) in [5, 5.41) is 11.3.